The minimum Gasteiger partial charge on any atom is -0.322 e. The summed E-state index contributed by atoms with van der Waals surface area (Å²) in [6.45, 7) is 3.59. The van der Waals surface area contributed by atoms with Gasteiger partial charge in [0.05, 0.1) is 35.7 Å². The van der Waals surface area contributed by atoms with E-state index in [4.69, 9.17) is 0 Å². The Morgan fingerprint density at radius 1 is 1.03 bits per heavy atom. The Morgan fingerprint density at radius 3 is 2.51 bits per heavy atom. The summed E-state index contributed by atoms with van der Waals surface area (Å²) < 4.78 is 45.4. The maximum atomic E-state index is 13.6. The molecule has 0 aliphatic carbocycles. The molecule has 3 aromatic heterocycles. The summed E-state index contributed by atoms with van der Waals surface area (Å²) >= 11 is 0. The number of halogens is 3. The summed E-state index contributed by atoms with van der Waals surface area (Å²) in [7, 11) is 1.80. The van der Waals surface area contributed by atoms with Crippen LogP contribution in [0.5, 0.6) is 0 Å². The molecule has 3 heterocycles. The third kappa shape index (κ3) is 4.99. The van der Waals surface area contributed by atoms with Crippen LogP contribution < -0.4 is 5.32 Å². The second kappa shape index (κ2) is 9.04. The van der Waals surface area contributed by atoms with Gasteiger partial charge in [0.25, 0.3) is 5.91 Å². The Morgan fingerprint density at radius 2 is 1.84 bits per heavy atom. The van der Waals surface area contributed by atoms with Crippen LogP contribution in [0.4, 0.5) is 18.9 Å². The van der Waals surface area contributed by atoms with Crippen LogP contribution in [0.1, 0.15) is 27.2 Å². The number of alkyl halides is 3. The highest BCUT2D eigenvalue weighted by atomic mass is 19.4. The van der Waals surface area contributed by atoms with Crippen LogP contribution in [0, 0.1) is 13.8 Å². The van der Waals surface area contributed by atoms with Crippen molar-refractivity contribution in [1.82, 2.24) is 34.3 Å². The Kier molecular flexibility index (Phi) is 5.86. The van der Waals surface area contributed by atoms with E-state index in [0.29, 0.717) is 17.1 Å². The molecule has 0 atom stereocenters. The van der Waals surface area contributed by atoms with Gasteiger partial charge in [-0.2, -0.15) is 18.3 Å². The highest BCUT2D eigenvalue weighted by Crippen LogP contribution is 2.33. The number of aromatic nitrogens is 7. The molecule has 1 amide bonds. The number of nitrogens with zero attached hydrogens (tertiary/aromatic N) is 7. The smallest absolute Gasteiger partial charge is 0.322 e. The van der Waals surface area contributed by atoms with Gasteiger partial charge in [-0.3, -0.25) is 9.48 Å². The van der Waals surface area contributed by atoms with Crippen molar-refractivity contribution in [2.45, 2.75) is 20.0 Å². The van der Waals surface area contributed by atoms with E-state index in [2.05, 4.69) is 25.7 Å². The van der Waals surface area contributed by atoms with Crippen LogP contribution in [0.2, 0.25) is 0 Å². The molecule has 188 valence electrons. The lowest BCUT2D eigenvalue weighted by atomic mass is 10.1. The number of anilines is 1. The maximum absolute atomic E-state index is 13.6. The van der Waals surface area contributed by atoms with Crippen LogP contribution in [0.3, 0.4) is 0 Å². The van der Waals surface area contributed by atoms with Crippen LogP contribution in [0.25, 0.3) is 22.6 Å². The number of benzene rings is 2. The fourth-order valence-electron chi connectivity index (χ4n) is 3.83. The average Bonchev–Trinajstić information content (AvgIpc) is 3.59. The molecule has 0 radical (unpaired) electrons. The normalized spacial score (nSPS) is 11.6. The van der Waals surface area contributed by atoms with E-state index in [9.17, 15) is 18.0 Å². The van der Waals surface area contributed by atoms with Gasteiger partial charge in [-0.05, 0) is 49.7 Å². The fraction of sp³-hybridized carbons (Fsp3) is 0.160. The number of rotatable bonds is 5. The van der Waals surface area contributed by atoms with Crippen LogP contribution in [-0.4, -0.2) is 40.2 Å². The first-order valence-electron chi connectivity index (χ1n) is 11.1. The minimum atomic E-state index is -4.60. The zero-order valence-electron chi connectivity index (χ0n) is 20.0. The van der Waals surface area contributed by atoms with Crippen molar-refractivity contribution in [3.05, 3.63) is 89.9 Å². The van der Waals surface area contributed by atoms with Gasteiger partial charge < -0.3 is 9.88 Å². The highest BCUT2D eigenvalue weighted by Gasteiger charge is 2.31. The van der Waals surface area contributed by atoms with Gasteiger partial charge in [0.15, 0.2) is 0 Å². The lowest BCUT2D eigenvalue weighted by Gasteiger charge is -2.14. The number of imidazole rings is 1. The van der Waals surface area contributed by atoms with Gasteiger partial charge in [-0.15, -0.1) is 5.10 Å². The molecule has 0 aliphatic rings. The van der Waals surface area contributed by atoms with E-state index in [1.807, 2.05) is 6.92 Å². The Bertz CT molecular complexity index is 1610. The number of carbonyl (C=O) groups excluding carboxylic acids is 1. The molecule has 0 aliphatic heterocycles. The number of hydrogen-bond acceptors (Lipinski definition) is 5. The zero-order valence-corrected chi connectivity index (χ0v) is 20.0. The second-order valence-corrected chi connectivity index (χ2v) is 8.60. The first kappa shape index (κ1) is 24.0. The number of carbonyl (C=O) groups is 1. The van der Waals surface area contributed by atoms with Gasteiger partial charge in [0.2, 0.25) is 0 Å². The monoisotopic (exact) mass is 506 g/mol. The first-order valence-corrected chi connectivity index (χ1v) is 11.1. The molecular weight excluding hydrogens is 485 g/mol. The van der Waals surface area contributed by atoms with Crippen LogP contribution >= 0.6 is 0 Å². The van der Waals surface area contributed by atoms with Crippen LogP contribution in [-0.2, 0) is 13.2 Å². The Balaban J connectivity index is 1.45. The molecule has 0 saturated carbocycles. The molecule has 37 heavy (non-hydrogen) atoms. The fourth-order valence-corrected chi connectivity index (χ4v) is 3.83. The van der Waals surface area contributed by atoms with Crippen molar-refractivity contribution < 1.29 is 18.0 Å². The summed E-state index contributed by atoms with van der Waals surface area (Å²) in [5.74, 6) is -0.569. The summed E-state index contributed by atoms with van der Waals surface area (Å²) in [6.07, 6.45) is 3.61. The molecule has 1 N–H and O–H groups in total. The highest BCUT2D eigenvalue weighted by molar-refractivity contribution is 6.04. The molecule has 0 unspecified atom stereocenters. The predicted molar refractivity (Wildman–Crippen MR) is 130 cm³/mol. The van der Waals surface area contributed by atoms with Crippen LogP contribution in [0.15, 0.2) is 67.5 Å². The lowest BCUT2D eigenvalue weighted by molar-refractivity contribution is -0.137. The third-order valence-electron chi connectivity index (χ3n) is 5.72. The average molecular weight is 506 g/mol. The third-order valence-corrected chi connectivity index (χ3v) is 5.72. The summed E-state index contributed by atoms with van der Waals surface area (Å²) in [5, 5.41) is 15.1. The molecule has 9 nitrogen and oxygen atoms in total. The number of hydrogen-bond donors (Lipinski definition) is 1. The van der Waals surface area contributed by atoms with Crippen molar-refractivity contribution in [1.29, 1.82) is 0 Å². The molecule has 12 heteroatoms. The van der Waals surface area contributed by atoms with Gasteiger partial charge in [0, 0.05) is 41.9 Å². The SMILES string of the molecule is Cc1cn(-c2cc(NC(=O)c3ccc(C)c(-n4cc(-c5cnn(C)c5)nn4)c3)cc(C(F)(F)F)c2)cn1. The number of nitrogens with one attached hydrogen (secondary N) is 1. The molecule has 0 bridgehead atoms. The van der Waals surface area contributed by atoms with E-state index in [1.165, 1.54) is 21.6 Å². The second-order valence-electron chi connectivity index (χ2n) is 8.60. The minimum absolute atomic E-state index is 0.00271. The maximum Gasteiger partial charge on any atom is 0.416 e. The number of amides is 1. The molecule has 0 spiro atoms. The van der Waals surface area contributed by atoms with Crippen molar-refractivity contribution in [3.8, 4) is 22.6 Å². The Labute approximate surface area is 209 Å². The van der Waals surface area contributed by atoms with Gasteiger partial charge >= 0.3 is 6.18 Å². The Hall–Kier alpha value is -4.74. The van der Waals surface area contributed by atoms with E-state index in [1.54, 1.807) is 61.6 Å². The number of aryl methyl sites for hydroxylation is 3. The topological polar surface area (TPSA) is 95.5 Å². The van der Waals surface area contributed by atoms with Crippen molar-refractivity contribution >= 4 is 11.6 Å². The predicted octanol–water partition coefficient (Wildman–Crippen LogP) is 4.74. The van der Waals surface area contributed by atoms with E-state index >= 15 is 0 Å². The van der Waals surface area contributed by atoms with E-state index in [-0.39, 0.29) is 16.9 Å². The summed E-state index contributed by atoms with van der Waals surface area (Å²) in [5.41, 5.74) is 3.06. The largest absolute Gasteiger partial charge is 0.416 e. The molecule has 0 saturated heterocycles. The molecule has 2 aromatic carbocycles. The van der Waals surface area contributed by atoms with Gasteiger partial charge in [-0.1, -0.05) is 11.3 Å². The molecule has 5 aromatic rings. The summed E-state index contributed by atoms with van der Waals surface area (Å²) in [4.78, 5) is 17.2. The molecule has 5 rings (SSSR count). The quantitative estimate of drug-likeness (QED) is 0.372. The van der Waals surface area contributed by atoms with Crippen molar-refractivity contribution in [2.75, 3.05) is 5.32 Å². The molecule has 0 fully saturated rings. The van der Waals surface area contributed by atoms with Crippen molar-refractivity contribution in [3.63, 3.8) is 0 Å². The summed E-state index contributed by atoms with van der Waals surface area (Å²) in [6, 6.07) is 8.31. The van der Waals surface area contributed by atoms with Crippen molar-refractivity contribution in [2.24, 2.45) is 7.05 Å². The first-order chi connectivity index (χ1) is 17.6. The zero-order chi connectivity index (χ0) is 26.3. The molecular formula is C25H21F3N8O. The lowest BCUT2D eigenvalue weighted by Crippen LogP contribution is -2.15. The van der Waals surface area contributed by atoms with Gasteiger partial charge in [-0.25, -0.2) is 9.67 Å². The van der Waals surface area contributed by atoms with E-state index < -0.39 is 17.6 Å². The van der Waals surface area contributed by atoms with E-state index in [0.717, 1.165) is 23.3 Å². The van der Waals surface area contributed by atoms with Gasteiger partial charge in [0.1, 0.15) is 5.69 Å². The standard InChI is InChI=1S/C25H21F3N8O/c1-15-4-5-17(6-23(15)36-13-22(32-33-36)18-10-30-34(3)12-18)24(37)31-20-7-19(25(26,27)28)8-21(9-20)35-11-16(2)29-14-35/h4-14H,1-3H3,(H,31,37).